The van der Waals surface area contributed by atoms with E-state index in [1.165, 1.54) is 12.3 Å². The zero-order chi connectivity index (χ0) is 17.2. The Morgan fingerprint density at radius 1 is 1.12 bits per heavy atom. The van der Waals surface area contributed by atoms with Crippen LogP contribution in [0.5, 0.6) is 0 Å². The molecule has 8 nitrogen and oxygen atoms in total. The minimum atomic E-state index is -0.452. The van der Waals surface area contributed by atoms with Gasteiger partial charge in [-0.3, -0.25) is 15.1 Å². The third-order valence-electron chi connectivity index (χ3n) is 4.26. The van der Waals surface area contributed by atoms with E-state index in [0.29, 0.717) is 5.82 Å². The summed E-state index contributed by atoms with van der Waals surface area (Å²) in [5, 5.41) is 14.0. The van der Waals surface area contributed by atoms with Gasteiger partial charge in [0.05, 0.1) is 22.2 Å². The van der Waals surface area contributed by atoms with Crippen molar-refractivity contribution in [1.29, 1.82) is 0 Å². The minimum Gasteiger partial charge on any atom is -0.365 e. The van der Waals surface area contributed by atoms with Crippen LogP contribution in [0.15, 0.2) is 48.8 Å². The maximum Gasteiger partial charge on any atom is 0.287 e. The molecule has 0 saturated carbocycles. The van der Waals surface area contributed by atoms with Gasteiger partial charge in [-0.05, 0) is 24.6 Å². The number of fused-ring (bicyclic) bond motifs is 1. The van der Waals surface area contributed by atoms with Crippen LogP contribution >= 0.6 is 0 Å². The van der Waals surface area contributed by atoms with Gasteiger partial charge >= 0.3 is 0 Å². The lowest BCUT2D eigenvalue weighted by Gasteiger charge is -2.18. The monoisotopic (exact) mass is 336 g/mol. The second-order valence-corrected chi connectivity index (χ2v) is 5.95. The predicted octanol–water partition coefficient (Wildman–Crippen LogP) is 2.62. The predicted molar refractivity (Wildman–Crippen MR) is 94.7 cm³/mol. The third kappa shape index (κ3) is 3.18. The van der Waals surface area contributed by atoms with Crippen molar-refractivity contribution in [3.05, 3.63) is 58.9 Å². The summed E-state index contributed by atoms with van der Waals surface area (Å²) in [4.78, 5) is 25.6. The lowest BCUT2D eigenvalue weighted by Crippen LogP contribution is -2.27. The molecule has 1 aliphatic heterocycles. The van der Waals surface area contributed by atoms with Gasteiger partial charge < -0.3 is 10.2 Å². The van der Waals surface area contributed by atoms with Crippen molar-refractivity contribution in [1.82, 2.24) is 15.0 Å². The van der Waals surface area contributed by atoms with Crippen molar-refractivity contribution in [2.75, 3.05) is 23.3 Å². The lowest BCUT2D eigenvalue weighted by molar-refractivity contribution is -0.385. The second kappa shape index (κ2) is 6.31. The van der Waals surface area contributed by atoms with Gasteiger partial charge in [0, 0.05) is 25.2 Å². The zero-order valence-corrected chi connectivity index (χ0v) is 13.4. The molecule has 3 aromatic rings. The van der Waals surface area contributed by atoms with Gasteiger partial charge in [0.25, 0.3) is 5.69 Å². The number of pyridine rings is 1. The van der Waals surface area contributed by atoms with E-state index in [1.807, 2.05) is 24.3 Å². The molecule has 1 N–H and O–H groups in total. The van der Waals surface area contributed by atoms with Gasteiger partial charge in [-0.2, -0.15) is 0 Å². The molecule has 0 spiro atoms. The van der Waals surface area contributed by atoms with Crippen LogP contribution in [0.4, 0.5) is 17.3 Å². The number of anilines is 2. The first kappa shape index (κ1) is 15.3. The van der Waals surface area contributed by atoms with Gasteiger partial charge in [-0.1, -0.05) is 12.1 Å². The zero-order valence-electron chi connectivity index (χ0n) is 13.4. The maximum absolute atomic E-state index is 10.7. The molecule has 126 valence electrons. The fraction of sp³-hybridized carbons (Fsp3) is 0.235. The minimum absolute atomic E-state index is 0.00923. The smallest absolute Gasteiger partial charge is 0.287 e. The molecule has 0 unspecified atom stereocenters. The molecular weight excluding hydrogens is 320 g/mol. The number of rotatable bonds is 4. The molecule has 2 aromatic heterocycles. The van der Waals surface area contributed by atoms with Crippen LogP contribution in [0.2, 0.25) is 0 Å². The van der Waals surface area contributed by atoms with E-state index < -0.39 is 4.92 Å². The SMILES string of the molecule is O=[N+]([O-])c1ccc(N[C@H]2CCN(c3cnc4ccccc4n3)C2)nc1. The average molecular weight is 336 g/mol. The summed E-state index contributed by atoms with van der Waals surface area (Å²) in [6, 6.07) is 11.1. The molecule has 25 heavy (non-hydrogen) atoms. The van der Waals surface area contributed by atoms with E-state index in [2.05, 4.69) is 25.2 Å². The van der Waals surface area contributed by atoms with E-state index in [-0.39, 0.29) is 11.7 Å². The highest BCUT2D eigenvalue weighted by Gasteiger charge is 2.24. The van der Waals surface area contributed by atoms with Crippen LogP contribution in [-0.2, 0) is 0 Å². The number of nitro groups is 1. The largest absolute Gasteiger partial charge is 0.365 e. The van der Waals surface area contributed by atoms with Crippen molar-refractivity contribution in [3.63, 3.8) is 0 Å². The van der Waals surface area contributed by atoms with Crippen LogP contribution in [-0.4, -0.2) is 39.0 Å². The van der Waals surface area contributed by atoms with Crippen molar-refractivity contribution < 1.29 is 4.92 Å². The molecule has 0 aliphatic carbocycles. The van der Waals surface area contributed by atoms with E-state index in [4.69, 9.17) is 0 Å². The highest BCUT2D eigenvalue weighted by atomic mass is 16.6. The van der Waals surface area contributed by atoms with E-state index in [1.54, 1.807) is 12.3 Å². The Morgan fingerprint density at radius 3 is 2.72 bits per heavy atom. The first-order valence-corrected chi connectivity index (χ1v) is 8.03. The molecule has 0 bridgehead atoms. The van der Waals surface area contributed by atoms with Gasteiger partial charge in [-0.15, -0.1) is 0 Å². The summed E-state index contributed by atoms with van der Waals surface area (Å²) in [7, 11) is 0. The van der Waals surface area contributed by atoms with Gasteiger partial charge in [-0.25, -0.2) is 9.97 Å². The third-order valence-corrected chi connectivity index (χ3v) is 4.26. The van der Waals surface area contributed by atoms with Crippen LogP contribution in [0.25, 0.3) is 11.0 Å². The molecule has 0 radical (unpaired) electrons. The normalized spacial score (nSPS) is 17.0. The topological polar surface area (TPSA) is 97.1 Å². The molecule has 1 aliphatic rings. The van der Waals surface area contributed by atoms with Gasteiger partial charge in [0.15, 0.2) is 0 Å². The fourth-order valence-electron chi connectivity index (χ4n) is 2.97. The number of nitrogens with zero attached hydrogens (tertiary/aromatic N) is 5. The maximum atomic E-state index is 10.7. The number of nitrogens with one attached hydrogen (secondary N) is 1. The molecule has 0 amide bonds. The Labute approximate surface area is 143 Å². The molecule has 8 heteroatoms. The lowest BCUT2D eigenvalue weighted by atomic mass is 10.2. The summed E-state index contributed by atoms with van der Waals surface area (Å²) in [6.45, 7) is 1.66. The molecule has 1 aromatic carbocycles. The summed E-state index contributed by atoms with van der Waals surface area (Å²) in [6.07, 6.45) is 4.01. The van der Waals surface area contributed by atoms with Crippen LogP contribution < -0.4 is 10.2 Å². The van der Waals surface area contributed by atoms with E-state index in [9.17, 15) is 10.1 Å². The number of hydrogen-bond acceptors (Lipinski definition) is 7. The highest BCUT2D eigenvalue weighted by molar-refractivity contribution is 5.75. The highest BCUT2D eigenvalue weighted by Crippen LogP contribution is 2.22. The number of aromatic nitrogens is 3. The molecule has 4 rings (SSSR count). The Hall–Kier alpha value is -3.29. The van der Waals surface area contributed by atoms with Gasteiger partial charge in [0.1, 0.15) is 17.8 Å². The molecule has 1 saturated heterocycles. The number of benzene rings is 1. The molecule has 3 heterocycles. The fourth-order valence-corrected chi connectivity index (χ4v) is 2.97. The van der Waals surface area contributed by atoms with Crippen molar-refractivity contribution in [2.45, 2.75) is 12.5 Å². The second-order valence-electron chi connectivity index (χ2n) is 5.95. The van der Waals surface area contributed by atoms with Gasteiger partial charge in [0.2, 0.25) is 0 Å². The summed E-state index contributed by atoms with van der Waals surface area (Å²) < 4.78 is 0. The summed E-state index contributed by atoms with van der Waals surface area (Å²) in [5.74, 6) is 1.50. The van der Waals surface area contributed by atoms with Crippen LogP contribution in [0, 0.1) is 10.1 Å². The van der Waals surface area contributed by atoms with Crippen LogP contribution in [0.1, 0.15) is 6.42 Å². The summed E-state index contributed by atoms with van der Waals surface area (Å²) >= 11 is 0. The van der Waals surface area contributed by atoms with Crippen molar-refractivity contribution >= 4 is 28.4 Å². The first-order chi connectivity index (χ1) is 12.2. The standard InChI is InChI=1S/C17H16N6O2/c24-23(25)13-5-6-16(19-9-13)20-12-7-8-22(11-12)17-10-18-14-3-1-2-4-15(14)21-17/h1-6,9-10,12H,7-8,11H2,(H,19,20)/t12-/m0/s1. The molecular formula is C17H16N6O2. The molecule has 1 fully saturated rings. The average Bonchev–Trinajstić information content (AvgIpc) is 3.10. The van der Waals surface area contributed by atoms with Crippen molar-refractivity contribution in [3.8, 4) is 0 Å². The number of para-hydroxylation sites is 2. The first-order valence-electron chi connectivity index (χ1n) is 8.03. The van der Waals surface area contributed by atoms with E-state index in [0.717, 1.165) is 36.4 Å². The van der Waals surface area contributed by atoms with Crippen LogP contribution in [0.3, 0.4) is 0 Å². The molecule has 1 atom stereocenters. The van der Waals surface area contributed by atoms with E-state index >= 15 is 0 Å². The Kier molecular flexibility index (Phi) is 3.85. The summed E-state index contributed by atoms with van der Waals surface area (Å²) in [5.41, 5.74) is 1.76. The Balaban J connectivity index is 1.44. The van der Waals surface area contributed by atoms with Crippen molar-refractivity contribution in [2.24, 2.45) is 0 Å². The Morgan fingerprint density at radius 2 is 1.96 bits per heavy atom. The number of hydrogen-bond donors (Lipinski definition) is 1. The quantitative estimate of drug-likeness (QED) is 0.578. The Bertz CT molecular complexity index is 914.